The topological polar surface area (TPSA) is 49.6 Å². The maximum Gasteiger partial charge on any atom is 0.223 e. The molecular formula is C26H30FN3O2. The van der Waals surface area contributed by atoms with Crippen LogP contribution in [0.5, 0.6) is 0 Å². The van der Waals surface area contributed by atoms with Crippen molar-refractivity contribution in [3.8, 4) is 11.3 Å². The summed E-state index contributed by atoms with van der Waals surface area (Å²) in [5.41, 5.74) is 1.77. The number of hydrogen-bond acceptors (Lipinski definition) is 4. The number of benzene rings is 2. The van der Waals surface area contributed by atoms with E-state index in [1.54, 1.807) is 18.2 Å². The van der Waals surface area contributed by atoms with Crippen molar-refractivity contribution in [2.24, 2.45) is 0 Å². The van der Waals surface area contributed by atoms with Gasteiger partial charge in [0.15, 0.2) is 11.7 Å². The molecule has 1 aliphatic heterocycles. The minimum atomic E-state index is -0.343. The fourth-order valence-corrected chi connectivity index (χ4v) is 4.18. The van der Waals surface area contributed by atoms with E-state index in [-0.39, 0.29) is 11.7 Å². The zero-order valence-electron chi connectivity index (χ0n) is 18.4. The molecule has 0 saturated carbocycles. The van der Waals surface area contributed by atoms with Gasteiger partial charge in [0.2, 0.25) is 5.91 Å². The molecule has 168 valence electrons. The molecule has 0 aliphatic carbocycles. The maximum absolute atomic E-state index is 13.9. The maximum atomic E-state index is 13.9. The van der Waals surface area contributed by atoms with E-state index in [0.717, 1.165) is 52.0 Å². The quantitative estimate of drug-likeness (QED) is 0.520. The summed E-state index contributed by atoms with van der Waals surface area (Å²) in [5.74, 6) is 0.645. The van der Waals surface area contributed by atoms with Crippen LogP contribution in [-0.4, -0.2) is 53.4 Å². The lowest BCUT2D eigenvalue weighted by Gasteiger charge is -2.22. The Hall–Kier alpha value is -2.99. The first kappa shape index (κ1) is 22.2. The third-order valence-electron chi connectivity index (χ3n) is 5.97. The number of rotatable bonds is 8. The minimum Gasteiger partial charge on any atom is -0.441 e. The molecule has 5 nitrogen and oxygen atoms in total. The number of carbonyl (C=O) groups is 1. The second kappa shape index (κ2) is 11.0. The van der Waals surface area contributed by atoms with E-state index >= 15 is 0 Å². The van der Waals surface area contributed by atoms with Crippen molar-refractivity contribution in [1.82, 2.24) is 14.8 Å². The molecule has 4 rings (SSSR count). The first-order valence-electron chi connectivity index (χ1n) is 11.4. The van der Waals surface area contributed by atoms with E-state index < -0.39 is 0 Å². The molecule has 2 aromatic carbocycles. The smallest absolute Gasteiger partial charge is 0.223 e. The second-order valence-electron chi connectivity index (χ2n) is 8.26. The van der Waals surface area contributed by atoms with Gasteiger partial charge in [0.05, 0.1) is 11.8 Å². The standard InChI is InChI=1S/C26H30FN3O2/c27-23-12-5-4-11-22(23)24-20-28-25(32-24)13-14-26(31)30-17-7-16-29(18-19-30)15-6-10-21-8-2-1-3-9-21/h1-5,8-9,11-12,20H,6-7,10,13-19H2. The highest BCUT2D eigenvalue weighted by Crippen LogP contribution is 2.23. The first-order chi connectivity index (χ1) is 15.7. The normalized spacial score (nSPS) is 15.0. The van der Waals surface area contributed by atoms with Crippen molar-refractivity contribution < 1.29 is 13.6 Å². The van der Waals surface area contributed by atoms with E-state index in [1.807, 2.05) is 11.0 Å². The lowest BCUT2D eigenvalue weighted by atomic mass is 10.1. The van der Waals surface area contributed by atoms with E-state index in [9.17, 15) is 9.18 Å². The van der Waals surface area contributed by atoms with Crippen LogP contribution in [0, 0.1) is 5.82 Å². The molecule has 0 radical (unpaired) electrons. The molecule has 0 atom stereocenters. The minimum absolute atomic E-state index is 0.127. The lowest BCUT2D eigenvalue weighted by molar-refractivity contribution is -0.131. The predicted molar refractivity (Wildman–Crippen MR) is 123 cm³/mol. The van der Waals surface area contributed by atoms with Gasteiger partial charge >= 0.3 is 0 Å². The van der Waals surface area contributed by atoms with Crippen LogP contribution in [0.1, 0.15) is 30.7 Å². The Labute approximate surface area is 188 Å². The molecule has 6 heteroatoms. The molecular weight excluding hydrogens is 405 g/mol. The Kier molecular flexibility index (Phi) is 7.67. The highest BCUT2D eigenvalue weighted by atomic mass is 19.1. The fourth-order valence-electron chi connectivity index (χ4n) is 4.18. The number of oxazole rings is 1. The predicted octanol–water partition coefficient (Wildman–Crippen LogP) is 4.58. The molecule has 32 heavy (non-hydrogen) atoms. The number of aromatic nitrogens is 1. The van der Waals surface area contributed by atoms with Gasteiger partial charge in [0.1, 0.15) is 5.82 Å². The number of aryl methyl sites for hydroxylation is 2. The van der Waals surface area contributed by atoms with Crippen molar-refractivity contribution in [3.05, 3.63) is 78.1 Å². The Morgan fingerprint density at radius 1 is 0.969 bits per heavy atom. The molecule has 0 N–H and O–H groups in total. The summed E-state index contributed by atoms with van der Waals surface area (Å²) in [6.07, 6.45) is 5.51. The van der Waals surface area contributed by atoms with Gasteiger partial charge in [0.25, 0.3) is 0 Å². The molecule has 0 spiro atoms. The molecule has 1 fully saturated rings. The largest absolute Gasteiger partial charge is 0.441 e. The monoisotopic (exact) mass is 435 g/mol. The fraction of sp³-hybridized carbons (Fsp3) is 0.385. The van der Waals surface area contributed by atoms with E-state index in [2.05, 4.69) is 34.1 Å². The average molecular weight is 436 g/mol. The second-order valence-corrected chi connectivity index (χ2v) is 8.26. The van der Waals surface area contributed by atoms with Crippen molar-refractivity contribution in [2.75, 3.05) is 32.7 Å². The van der Waals surface area contributed by atoms with Crippen LogP contribution in [0.3, 0.4) is 0 Å². The number of hydrogen-bond donors (Lipinski definition) is 0. The summed E-state index contributed by atoms with van der Waals surface area (Å²) in [4.78, 5) is 21.4. The van der Waals surface area contributed by atoms with Gasteiger partial charge in [-0.1, -0.05) is 42.5 Å². The van der Waals surface area contributed by atoms with E-state index in [4.69, 9.17) is 4.42 Å². The van der Waals surface area contributed by atoms with Crippen LogP contribution < -0.4 is 0 Å². The van der Waals surface area contributed by atoms with Crippen molar-refractivity contribution >= 4 is 5.91 Å². The number of halogens is 1. The molecule has 1 saturated heterocycles. The van der Waals surface area contributed by atoms with Crippen LogP contribution in [-0.2, 0) is 17.6 Å². The summed E-state index contributed by atoms with van der Waals surface area (Å²) >= 11 is 0. The molecule has 2 heterocycles. The van der Waals surface area contributed by atoms with Gasteiger partial charge in [-0.05, 0) is 50.0 Å². The zero-order chi connectivity index (χ0) is 22.2. The lowest BCUT2D eigenvalue weighted by Crippen LogP contribution is -2.35. The van der Waals surface area contributed by atoms with Gasteiger partial charge in [-0.15, -0.1) is 0 Å². The third-order valence-corrected chi connectivity index (χ3v) is 5.97. The zero-order valence-corrected chi connectivity index (χ0v) is 18.4. The number of nitrogens with zero attached hydrogens (tertiary/aromatic N) is 3. The van der Waals surface area contributed by atoms with E-state index in [0.29, 0.717) is 30.1 Å². The summed E-state index contributed by atoms with van der Waals surface area (Å²) in [5, 5.41) is 0. The highest BCUT2D eigenvalue weighted by molar-refractivity contribution is 5.76. The van der Waals surface area contributed by atoms with Crippen molar-refractivity contribution in [2.45, 2.75) is 32.1 Å². The number of amides is 1. The van der Waals surface area contributed by atoms with Crippen molar-refractivity contribution in [3.63, 3.8) is 0 Å². The molecule has 1 aliphatic rings. The Morgan fingerprint density at radius 2 is 1.78 bits per heavy atom. The number of carbonyl (C=O) groups excluding carboxylic acids is 1. The van der Waals surface area contributed by atoms with Crippen LogP contribution in [0.2, 0.25) is 0 Å². The first-order valence-corrected chi connectivity index (χ1v) is 11.4. The Bertz CT molecular complexity index is 1010. The van der Waals surface area contributed by atoms with Crippen LogP contribution >= 0.6 is 0 Å². The average Bonchev–Trinajstić information content (AvgIpc) is 3.16. The van der Waals surface area contributed by atoms with Crippen LogP contribution in [0.15, 0.2) is 65.2 Å². The van der Waals surface area contributed by atoms with E-state index in [1.165, 1.54) is 17.8 Å². The van der Waals surface area contributed by atoms with Gasteiger partial charge < -0.3 is 14.2 Å². The highest BCUT2D eigenvalue weighted by Gasteiger charge is 2.20. The summed E-state index contributed by atoms with van der Waals surface area (Å²) in [6.45, 7) is 4.56. The summed E-state index contributed by atoms with van der Waals surface area (Å²) in [6, 6.07) is 17.0. The molecule has 0 bridgehead atoms. The van der Waals surface area contributed by atoms with Gasteiger partial charge in [-0.25, -0.2) is 9.37 Å². The summed E-state index contributed by atoms with van der Waals surface area (Å²) < 4.78 is 19.6. The molecule has 1 amide bonds. The molecule has 0 unspecified atom stereocenters. The third kappa shape index (κ3) is 6.04. The Morgan fingerprint density at radius 3 is 2.62 bits per heavy atom. The van der Waals surface area contributed by atoms with Crippen molar-refractivity contribution in [1.29, 1.82) is 0 Å². The van der Waals surface area contributed by atoms with Gasteiger partial charge in [-0.3, -0.25) is 4.79 Å². The van der Waals surface area contributed by atoms with Gasteiger partial charge in [0, 0.05) is 32.5 Å². The molecule has 3 aromatic rings. The molecule has 1 aromatic heterocycles. The Balaban J connectivity index is 1.21. The van der Waals surface area contributed by atoms with Crippen LogP contribution in [0.25, 0.3) is 11.3 Å². The SMILES string of the molecule is O=C(CCc1ncc(-c2ccccc2F)o1)N1CCCN(CCCc2ccccc2)CC1. The summed E-state index contributed by atoms with van der Waals surface area (Å²) in [7, 11) is 0. The van der Waals surface area contributed by atoms with Crippen LogP contribution in [0.4, 0.5) is 4.39 Å². The van der Waals surface area contributed by atoms with Gasteiger partial charge in [-0.2, -0.15) is 0 Å².